The minimum atomic E-state index is -6.66. The van der Waals surface area contributed by atoms with Crippen LogP contribution in [0.2, 0.25) is 0 Å². The second-order valence-electron chi connectivity index (χ2n) is 7.94. The minimum absolute atomic E-state index is 0.389. The summed E-state index contributed by atoms with van der Waals surface area (Å²) in [5.74, 6) is 2.62. The molecule has 0 aromatic heterocycles. The molecule has 6 unspecified atom stereocenters. The highest BCUT2D eigenvalue weighted by Crippen LogP contribution is 2.48. The number of hydrogen-bond acceptors (Lipinski definition) is 4. The first kappa shape index (κ1) is 24.8. The second-order valence-corrected chi connectivity index (χ2v) is 11.8. The lowest BCUT2D eigenvalue weighted by Crippen LogP contribution is -2.46. The zero-order valence-electron chi connectivity index (χ0n) is 15.8. The van der Waals surface area contributed by atoms with E-state index in [0.717, 1.165) is 29.9 Å². The van der Waals surface area contributed by atoms with Gasteiger partial charge in [-0.25, -0.2) is 12.8 Å². The van der Waals surface area contributed by atoms with Gasteiger partial charge in [0.1, 0.15) is 5.25 Å². The summed E-state index contributed by atoms with van der Waals surface area (Å²) in [6.45, 7) is 0. The van der Waals surface area contributed by atoms with Crippen molar-refractivity contribution in [2.24, 2.45) is 11.8 Å². The van der Waals surface area contributed by atoms with Crippen molar-refractivity contribution in [1.82, 2.24) is 0 Å². The van der Waals surface area contributed by atoms with Crippen LogP contribution in [0.5, 0.6) is 0 Å². The van der Waals surface area contributed by atoms with E-state index in [-0.39, 0.29) is 0 Å². The van der Waals surface area contributed by atoms with Crippen LogP contribution in [0.4, 0.5) is 26.3 Å². The molecule has 3 fully saturated rings. The van der Waals surface area contributed by atoms with Crippen LogP contribution in [-0.2, 0) is 25.8 Å². The molecule has 170 valence electrons. The summed E-state index contributed by atoms with van der Waals surface area (Å²) in [6.07, 6.45) is 1.72. The maximum absolute atomic E-state index is 12.0. The molecular weight excluding hydrogens is 446 g/mol. The van der Waals surface area contributed by atoms with Gasteiger partial charge in [-0.15, -0.1) is 0 Å². The minimum Gasteiger partial charge on any atom is -0.743 e. The van der Waals surface area contributed by atoms with E-state index in [0.29, 0.717) is 21.9 Å². The third-order valence-electron chi connectivity index (χ3n) is 6.01. The molecule has 2 bridgehead atoms. The zero-order chi connectivity index (χ0) is 22.2. The standard InChI is InChI=1S/C14H23OS.C3H2F6O3S/c1-16(13-5-3-2-4-12(13)15)14-9-10-6-7-11(14)8-10;4-1(2(5,6)7)3(8,9)13(10,11)12/h10-11,13-14H,2-9H2,1H3;1H,(H,10,11,12)/q+1;/p-1. The summed E-state index contributed by atoms with van der Waals surface area (Å²) in [5, 5.41) is -4.62. The Kier molecular flexibility index (Phi) is 7.64. The molecule has 0 aromatic rings. The van der Waals surface area contributed by atoms with Crippen molar-refractivity contribution < 1.29 is 44.1 Å². The third-order valence-corrected chi connectivity index (χ3v) is 9.82. The van der Waals surface area contributed by atoms with Gasteiger partial charge >= 0.3 is 11.4 Å². The lowest BCUT2D eigenvalue weighted by Gasteiger charge is -2.27. The van der Waals surface area contributed by atoms with Gasteiger partial charge in [0.25, 0.3) is 6.17 Å². The van der Waals surface area contributed by atoms with Crippen LogP contribution in [0.3, 0.4) is 0 Å². The summed E-state index contributed by atoms with van der Waals surface area (Å²) < 4.78 is 97.5. The fourth-order valence-corrected chi connectivity index (χ4v) is 7.82. The van der Waals surface area contributed by atoms with Crippen LogP contribution in [0.25, 0.3) is 0 Å². The molecule has 0 spiro atoms. The van der Waals surface area contributed by atoms with Gasteiger partial charge in [-0.05, 0) is 55.3 Å². The van der Waals surface area contributed by atoms with Crippen molar-refractivity contribution >= 4 is 26.8 Å². The molecule has 0 heterocycles. The fraction of sp³-hybridized carbons (Fsp3) is 0.941. The quantitative estimate of drug-likeness (QED) is 0.354. The zero-order valence-corrected chi connectivity index (χ0v) is 17.4. The fourth-order valence-electron chi connectivity index (χ4n) is 4.51. The predicted molar refractivity (Wildman–Crippen MR) is 95.4 cm³/mol. The first-order valence-electron chi connectivity index (χ1n) is 9.36. The topological polar surface area (TPSA) is 74.3 Å². The Morgan fingerprint density at radius 2 is 1.69 bits per heavy atom. The van der Waals surface area contributed by atoms with Gasteiger partial charge in [0, 0.05) is 18.8 Å². The van der Waals surface area contributed by atoms with Crippen molar-refractivity contribution in [3.63, 3.8) is 0 Å². The van der Waals surface area contributed by atoms with Gasteiger partial charge < -0.3 is 4.55 Å². The molecule has 0 aromatic carbocycles. The Morgan fingerprint density at radius 1 is 1.07 bits per heavy atom. The van der Waals surface area contributed by atoms with Gasteiger partial charge in [-0.1, -0.05) is 0 Å². The molecular formula is C17H24F6O4S2. The van der Waals surface area contributed by atoms with E-state index in [4.69, 9.17) is 0 Å². The number of halogens is 6. The molecule has 29 heavy (non-hydrogen) atoms. The summed E-state index contributed by atoms with van der Waals surface area (Å²) in [7, 11) is -6.27. The van der Waals surface area contributed by atoms with Crippen molar-refractivity contribution in [2.45, 2.75) is 79.5 Å². The van der Waals surface area contributed by atoms with Crippen LogP contribution >= 0.6 is 0 Å². The van der Waals surface area contributed by atoms with Gasteiger partial charge in [0.2, 0.25) is 0 Å². The Hall–Kier alpha value is -0.490. The van der Waals surface area contributed by atoms with E-state index >= 15 is 0 Å². The summed E-state index contributed by atoms with van der Waals surface area (Å²) >= 11 is 0. The second kappa shape index (κ2) is 8.94. The first-order valence-corrected chi connectivity index (χ1v) is 12.5. The summed E-state index contributed by atoms with van der Waals surface area (Å²) in [4.78, 5) is 12.0. The van der Waals surface area contributed by atoms with E-state index < -0.39 is 27.7 Å². The van der Waals surface area contributed by atoms with Crippen LogP contribution < -0.4 is 0 Å². The smallest absolute Gasteiger partial charge is 0.426 e. The van der Waals surface area contributed by atoms with Crippen molar-refractivity contribution in [3.8, 4) is 0 Å². The Labute approximate surface area is 168 Å². The lowest BCUT2D eigenvalue weighted by molar-refractivity contribution is -0.223. The number of carbonyl (C=O) groups is 1. The summed E-state index contributed by atoms with van der Waals surface area (Å²) in [6, 6.07) is 0. The molecule has 3 saturated carbocycles. The number of Topliss-reactive ketones (excluding diaryl/α,β-unsaturated/α-hetero) is 1. The van der Waals surface area contributed by atoms with E-state index in [1.54, 1.807) is 0 Å². The summed E-state index contributed by atoms with van der Waals surface area (Å²) in [5.41, 5.74) is 0. The maximum Gasteiger partial charge on any atom is 0.426 e. The Bertz CT molecular complexity index is 697. The number of rotatable bonds is 4. The van der Waals surface area contributed by atoms with Gasteiger partial charge in [-0.3, -0.25) is 4.79 Å². The SMILES string of the molecule is C[S+](C1CCCCC1=O)C1CC2CCC1C2.O=S(=O)([O-])C(F)(F)C(F)C(F)(F)F. The normalized spacial score (nSPS) is 32.5. The lowest BCUT2D eigenvalue weighted by atomic mass is 9.99. The molecule has 4 nitrogen and oxygen atoms in total. The Balaban J connectivity index is 0.000000213. The molecule has 0 saturated heterocycles. The number of carbonyl (C=O) groups excluding carboxylic acids is 1. The molecule has 12 heteroatoms. The van der Waals surface area contributed by atoms with Crippen molar-refractivity contribution in [2.75, 3.05) is 6.26 Å². The van der Waals surface area contributed by atoms with E-state index in [1.165, 1.54) is 38.5 Å². The monoisotopic (exact) mass is 470 g/mol. The molecule has 6 atom stereocenters. The van der Waals surface area contributed by atoms with Crippen molar-refractivity contribution in [3.05, 3.63) is 0 Å². The predicted octanol–water partition coefficient (Wildman–Crippen LogP) is 3.96. The highest BCUT2D eigenvalue weighted by molar-refractivity contribution is 7.98. The Morgan fingerprint density at radius 3 is 2.07 bits per heavy atom. The van der Waals surface area contributed by atoms with E-state index in [1.807, 2.05) is 0 Å². The average Bonchev–Trinajstić information content (AvgIpc) is 3.23. The molecule has 0 aliphatic heterocycles. The molecule has 3 rings (SSSR count). The molecule has 3 aliphatic rings. The number of hydrogen-bond donors (Lipinski definition) is 0. The molecule has 0 amide bonds. The van der Waals surface area contributed by atoms with Crippen LogP contribution in [0, 0.1) is 11.8 Å². The number of ketones is 1. The molecule has 0 radical (unpaired) electrons. The van der Waals surface area contributed by atoms with Crippen LogP contribution in [0.1, 0.15) is 51.4 Å². The van der Waals surface area contributed by atoms with Crippen LogP contribution in [0.15, 0.2) is 0 Å². The van der Waals surface area contributed by atoms with Gasteiger partial charge in [0.05, 0.1) is 6.26 Å². The number of fused-ring (bicyclic) bond motifs is 2. The first-order chi connectivity index (χ1) is 13.2. The largest absolute Gasteiger partial charge is 0.743 e. The third kappa shape index (κ3) is 5.61. The highest BCUT2D eigenvalue weighted by Gasteiger charge is 2.61. The average molecular weight is 470 g/mol. The van der Waals surface area contributed by atoms with Crippen molar-refractivity contribution in [1.29, 1.82) is 0 Å². The number of alkyl halides is 6. The van der Waals surface area contributed by atoms with Gasteiger partial charge in [0.15, 0.2) is 21.2 Å². The maximum atomic E-state index is 12.0. The van der Waals surface area contributed by atoms with E-state index in [2.05, 4.69) is 6.26 Å². The van der Waals surface area contributed by atoms with Gasteiger partial charge in [-0.2, -0.15) is 22.0 Å². The molecule has 3 aliphatic carbocycles. The highest BCUT2D eigenvalue weighted by atomic mass is 32.2. The van der Waals surface area contributed by atoms with Crippen LogP contribution in [-0.4, -0.2) is 53.1 Å². The molecule has 0 N–H and O–H groups in total. The van der Waals surface area contributed by atoms with E-state index in [9.17, 15) is 44.1 Å².